The summed E-state index contributed by atoms with van der Waals surface area (Å²) >= 11 is 0. The van der Waals surface area contributed by atoms with Gasteiger partial charge in [-0.05, 0) is 20.8 Å². The first kappa shape index (κ1) is 14.2. The molecule has 0 saturated carbocycles. The van der Waals surface area contributed by atoms with Crippen molar-refractivity contribution in [1.29, 1.82) is 0 Å². The molecule has 3 N–H and O–H groups in total. The maximum Gasteiger partial charge on any atom is 0.407 e. The van der Waals surface area contributed by atoms with Crippen LogP contribution in [0.3, 0.4) is 0 Å². The summed E-state index contributed by atoms with van der Waals surface area (Å²) in [6.45, 7) is 7.24. The van der Waals surface area contributed by atoms with Crippen molar-refractivity contribution in [3.05, 3.63) is 0 Å². The fraction of sp³-hybridized carbons (Fsp3) is 0.909. The van der Waals surface area contributed by atoms with E-state index in [1.807, 2.05) is 0 Å². The number of aliphatic hydroxyl groups excluding tert-OH is 1. The molecule has 0 spiro atoms. The maximum absolute atomic E-state index is 11.5. The highest BCUT2D eigenvalue weighted by Gasteiger charge is 2.32. The number of aliphatic hydroxyl groups is 1. The number of alkyl carbamates (subject to hydrolysis) is 1. The van der Waals surface area contributed by atoms with Gasteiger partial charge in [0.15, 0.2) is 0 Å². The highest BCUT2D eigenvalue weighted by molar-refractivity contribution is 5.67. The second-order valence-electron chi connectivity index (χ2n) is 5.27. The molecule has 0 radical (unpaired) electrons. The number of amides is 1. The van der Waals surface area contributed by atoms with E-state index in [9.17, 15) is 9.90 Å². The molecule has 1 rings (SSSR count). The SMILES string of the molecule is CC(C)(C)OC(=O)NCC1(CO)COCCN1. The average molecular weight is 246 g/mol. The van der Waals surface area contributed by atoms with Crippen LogP contribution in [-0.2, 0) is 9.47 Å². The van der Waals surface area contributed by atoms with Crippen LogP contribution in [0.5, 0.6) is 0 Å². The molecular weight excluding hydrogens is 224 g/mol. The Hall–Kier alpha value is -0.850. The molecule has 1 heterocycles. The van der Waals surface area contributed by atoms with Crippen LogP contribution in [0, 0.1) is 0 Å². The first-order valence-electron chi connectivity index (χ1n) is 5.77. The van der Waals surface area contributed by atoms with Crippen LogP contribution in [0.25, 0.3) is 0 Å². The highest BCUT2D eigenvalue weighted by atomic mass is 16.6. The van der Waals surface area contributed by atoms with Crippen molar-refractivity contribution < 1.29 is 19.4 Å². The van der Waals surface area contributed by atoms with Gasteiger partial charge in [-0.1, -0.05) is 0 Å². The first-order chi connectivity index (χ1) is 7.87. The van der Waals surface area contributed by atoms with Gasteiger partial charge in [-0.25, -0.2) is 4.79 Å². The van der Waals surface area contributed by atoms with Crippen molar-refractivity contribution in [2.24, 2.45) is 0 Å². The van der Waals surface area contributed by atoms with Crippen LogP contribution >= 0.6 is 0 Å². The standard InChI is InChI=1S/C11H22N2O4/c1-10(2,3)17-9(15)12-6-11(7-14)8-16-5-4-13-11/h13-14H,4-8H2,1-3H3,(H,12,15). The lowest BCUT2D eigenvalue weighted by Gasteiger charge is -2.36. The topological polar surface area (TPSA) is 79.8 Å². The fourth-order valence-electron chi connectivity index (χ4n) is 1.53. The Morgan fingerprint density at radius 3 is 2.76 bits per heavy atom. The molecule has 1 aliphatic heterocycles. The van der Waals surface area contributed by atoms with E-state index >= 15 is 0 Å². The van der Waals surface area contributed by atoms with E-state index in [2.05, 4.69) is 10.6 Å². The number of ether oxygens (including phenoxy) is 2. The van der Waals surface area contributed by atoms with Crippen LogP contribution in [0.4, 0.5) is 4.79 Å². The molecule has 1 aliphatic rings. The first-order valence-corrected chi connectivity index (χ1v) is 5.77. The van der Waals surface area contributed by atoms with Crippen LogP contribution < -0.4 is 10.6 Å². The van der Waals surface area contributed by atoms with Gasteiger partial charge in [-0.3, -0.25) is 0 Å². The van der Waals surface area contributed by atoms with E-state index in [0.29, 0.717) is 19.8 Å². The molecule has 1 fully saturated rings. The number of morpholine rings is 1. The summed E-state index contributed by atoms with van der Waals surface area (Å²) in [7, 11) is 0. The van der Waals surface area contributed by atoms with Crippen molar-refractivity contribution in [3.63, 3.8) is 0 Å². The third kappa shape index (κ3) is 4.89. The quantitative estimate of drug-likeness (QED) is 0.646. The van der Waals surface area contributed by atoms with E-state index in [0.717, 1.165) is 0 Å². The van der Waals surface area contributed by atoms with E-state index < -0.39 is 17.2 Å². The van der Waals surface area contributed by atoms with Gasteiger partial charge < -0.3 is 25.2 Å². The van der Waals surface area contributed by atoms with Crippen molar-refractivity contribution >= 4 is 6.09 Å². The van der Waals surface area contributed by atoms with Crippen LogP contribution in [-0.4, -0.2) is 55.2 Å². The predicted octanol–water partition coefficient (Wildman–Crippen LogP) is -0.138. The molecular formula is C11H22N2O4. The molecule has 0 aromatic heterocycles. The summed E-state index contributed by atoms with van der Waals surface area (Å²) in [4.78, 5) is 11.5. The van der Waals surface area contributed by atoms with Gasteiger partial charge in [0, 0.05) is 13.1 Å². The molecule has 6 nitrogen and oxygen atoms in total. The monoisotopic (exact) mass is 246 g/mol. The van der Waals surface area contributed by atoms with E-state index in [1.165, 1.54) is 0 Å². The third-order valence-corrected chi connectivity index (χ3v) is 2.40. The average Bonchev–Trinajstić information content (AvgIpc) is 2.25. The minimum absolute atomic E-state index is 0.0944. The van der Waals surface area contributed by atoms with Gasteiger partial charge in [0.25, 0.3) is 0 Å². The Morgan fingerprint density at radius 2 is 2.29 bits per heavy atom. The van der Waals surface area contributed by atoms with Gasteiger partial charge in [-0.2, -0.15) is 0 Å². The largest absolute Gasteiger partial charge is 0.444 e. The summed E-state index contributed by atoms with van der Waals surface area (Å²) in [5, 5.41) is 15.1. The van der Waals surface area contributed by atoms with Crippen molar-refractivity contribution in [3.8, 4) is 0 Å². The Bertz CT molecular complexity index is 257. The van der Waals surface area contributed by atoms with E-state index in [1.54, 1.807) is 20.8 Å². The molecule has 1 amide bonds. The summed E-state index contributed by atoms with van der Waals surface area (Å²) in [6, 6.07) is 0. The molecule has 1 unspecified atom stereocenters. The number of carbonyl (C=O) groups excluding carboxylic acids is 1. The van der Waals surface area contributed by atoms with Gasteiger partial charge in [0.1, 0.15) is 5.60 Å². The molecule has 6 heteroatoms. The number of hydrogen-bond donors (Lipinski definition) is 3. The van der Waals surface area contributed by atoms with Crippen LogP contribution in [0.2, 0.25) is 0 Å². The van der Waals surface area contributed by atoms with Gasteiger partial charge in [-0.15, -0.1) is 0 Å². The van der Waals surface area contributed by atoms with Gasteiger partial charge in [0.2, 0.25) is 0 Å². The minimum Gasteiger partial charge on any atom is -0.444 e. The summed E-state index contributed by atoms with van der Waals surface area (Å²) in [6.07, 6.45) is -0.488. The fourth-order valence-corrected chi connectivity index (χ4v) is 1.53. The lowest BCUT2D eigenvalue weighted by Crippen LogP contribution is -2.62. The molecule has 0 aliphatic carbocycles. The Morgan fingerprint density at radius 1 is 1.59 bits per heavy atom. The second-order valence-corrected chi connectivity index (χ2v) is 5.27. The van der Waals surface area contributed by atoms with Crippen molar-refractivity contribution in [2.75, 3.05) is 32.9 Å². The van der Waals surface area contributed by atoms with Crippen molar-refractivity contribution in [1.82, 2.24) is 10.6 Å². The second kappa shape index (κ2) is 5.66. The van der Waals surface area contributed by atoms with E-state index in [4.69, 9.17) is 9.47 Å². The molecule has 0 aromatic carbocycles. The summed E-state index contributed by atoms with van der Waals surface area (Å²) in [5.74, 6) is 0. The normalized spacial score (nSPS) is 25.4. The zero-order chi connectivity index (χ0) is 12.9. The minimum atomic E-state index is -0.602. The number of rotatable bonds is 3. The highest BCUT2D eigenvalue weighted by Crippen LogP contribution is 2.09. The Balaban J connectivity index is 2.39. The smallest absolute Gasteiger partial charge is 0.407 e. The third-order valence-electron chi connectivity index (χ3n) is 2.40. The predicted molar refractivity (Wildman–Crippen MR) is 62.9 cm³/mol. The van der Waals surface area contributed by atoms with E-state index in [-0.39, 0.29) is 13.2 Å². The van der Waals surface area contributed by atoms with Gasteiger partial charge in [0.05, 0.1) is 25.4 Å². The van der Waals surface area contributed by atoms with Crippen LogP contribution in [0.15, 0.2) is 0 Å². The molecule has 1 saturated heterocycles. The molecule has 1 atom stereocenters. The zero-order valence-corrected chi connectivity index (χ0v) is 10.7. The number of nitrogens with one attached hydrogen (secondary N) is 2. The maximum atomic E-state index is 11.5. The van der Waals surface area contributed by atoms with Crippen LogP contribution in [0.1, 0.15) is 20.8 Å². The molecule has 0 bridgehead atoms. The van der Waals surface area contributed by atoms with Gasteiger partial charge >= 0.3 is 6.09 Å². The summed E-state index contributed by atoms with van der Waals surface area (Å²) < 4.78 is 10.4. The zero-order valence-electron chi connectivity index (χ0n) is 10.7. The Labute approximate surface area is 102 Å². The Kier molecular flexibility index (Phi) is 4.73. The lowest BCUT2D eigenvalue weighted by molar-refractivity contribution is -0.00311. The number of hydrogen-bond acceptors (Lipinski definition) is 5. The summed E-state index contributed by atoms with van der Waals surface area (Å²) in [5.41, 5.74) is -1.12. The molecule has 17 heavy (non-hydrogen) atoms. The lowest BCUT2D eigenvalue weighted by atomic mass is 10.0. The molecule has 0 aromatic rings. The van der Waals surface area contributed by atoms with Crippen molar-refractivity contribution in [2.45, 2.75) is 31.9 Å². The molecule has 100 valence electrons. The number of carbonyl (C=O) groups is 1.